The van der Waals surface area contributed by atoms with Crippen LogP contribution in [-0.4, -0.2) is 55.7 Å². The van der Waals surface area contributed by atoms with Crippen LogP contribution in [0.2, 0.25) is 0 Å². The van der Waals surface area contributed by atoms with Gasteiger partial charge in [0.2, 0.25) is 5.91 Å². The summed E-state index contributed by atoms with van der Waals surface area (Å²) >= 11 is 0. The zero-order valence-corrected chi connectivity index (χ0v) is 10.3. The second-order valence-corrected chi connectivity index (χ2v) is 4.81. The van der Waals surface area contributed by atoms with Crippen molar-refractivity contribution in [1.29, 1.82) is 0 Å². The molecule has 0 aliphatic carbocycles. The highest BCUT2D eigenvalue weighted by molar-refractivity contribution is 5.79. The van der Waals surface area contributed by atoms with Gasteiger partial charge in [-0.2, -0.15) is 0 Å². The molecule has 1 aliphatic heterocycles. The number of imidazole rings is 1. The molecule has 6 nitrogen and oxygen atoms in total. The zero-order chi connectivity index (χ0) is 13.4. The first kappa shape index (κ1) is 12.1. The number of rotatable bonds is 2. The van der Waals surface area contributed by atoms with E-state index in [0.29, 0.717) is 5.69 Å². The molecule has 2 aromatic heterocycles. The summed E-state index contributed by atoms with van der Waals surface area (Å²) < 4.78 is 1.86. The van der Waals surface area contributed by atoms with Crippen LogP contribution in [0.4, 0.5) is 0 Å². The number of carbonyl (C=O) groups excluding carboxylic acids is 1. The van der Waals surface area contributed by atoms with Crippen LogP contribution >= 0.6 is 0 Å². The van der Waals surface area contributed by atoms with E-state index >= 15 is 0 Å². The van der Waals surface area contributed by atoms with Crippen molar-refractivity contribution in [3.8, 4) is 0 Å². The van der Waals surface area contributed by atoms with Crippen molar-refractivity contribution < 1.29 is 15.0 Å². The molecule has 1 amide bonds. The quantitative estimate of drug-likeness (QED) is 0.759. The third kappa shape index (κ3) is 2.32. The predicted molar refractivity (Wildman–Crippen MR) is 67.5 cm³/mol. The van der Waals surface area contributed by atoms with Crippen LogP contribution in [0.25, 0.3) is 5.65 Å². The van der Waals surface area contributed by atoms with Crippen molar-refractivity contribution in [3.05, 3.63) is 36.3 Å². The molecule has 0 saturated carbocycles. The van der Waals surface area contributed by atoms with Crippen molar-refractivity contribution in [2.45, 2.75) is 18.6 Å². The van der Waals surface area contributed by atoms with Crippen molar-refractivity contribution in [2.75, 3.05) is 13.1 Å². The molecule has 1 saturated heterocycles. The van der Waals surface area contributed by atoms with E-state index in [2.05, 4.69) is 4.98 Å². The lowest BCUT2D eigenvalue weighted by Crippen LogP contribution is -2.31. The topological polar surface area (TPSA) is 78.1 Å². The van der Waals surface area contributed by atoms with Crippen LogP contribution in [0.15, 0.2) is 30.6 Å². The van der Waals surface area contributed by atoms with Crippen molar-refractivity contribution >= 4 is 11.6 Å². The van der Waals surface area contributed by atoms with E-state index in [-0.39, 0.29) is 25.4 Å². The molecule has 0 aromatic carbocycles. The number of hydrogen-bond acceptors (Lipinski definition) is 4. The number of hydrogen-bond donors (Lipinski definition) is 2. The Hall–Kier alpha value is -1.92. The summed E-state index contributed by atoms with van der Waals surface area (Å²) in [6.45, 7) is 0.376. The minimum Gasteiger partial charge on any atom is -0.388 e. The average Bonchev–Trinajstić information content (AvgIpc) is 2.93. The van der Waals surface area contributed by atoms with Crippen molar-refractivity contribution in [3.63, 3.8) is 0 Å². The van der Waals surface area contributed by atoms with Gasteiger partial charge in [0.1, 0.15) is 5.65 Å². The van der Waals surface area contributed by atoms with Gasteiger partial charge in [0.25, 0.3) is 0 Å². The number of carbonyl (C=O) groups is 1. The number of aliphatic hydroxyl groups is 2. The second kappa shape index (κ2) is 4.64. The lowest BCUT2D eigenvalue weighted by molar-refractivity contribution is -0.130. The number of amides is 1. The number of fused-ring (bicyclic) bond motifs is 1. The van der Waals surface area contributed by atoms with E-state index in [1.807, 2.05) is 35.0 Å². The Morgan fingerprint density at radius 3 is 2.74 bits per heavy atom. The first-order valence-corrected chi connectivity index (χ1v) is 6.20. The first-order chi connectivity index (χ1) is 9.13. The SMILES string of the molecule is O=C(Cc1cn2ccccc2n1)N1CC(O)C(O)C1. The van der Waals surface area contributed by atoms with Crippen molar-refractivity contribution in [1.82, 2.24) is 14.3 Å². The fraction of sp³-hybridized carbons (Fsp3) is 0.385. The van der Waals surface area contributed by atoms with E-state index in [0.717, 1.165) is 5.65 Å². The minimum atomic E-state index is -0.843. The van der Waals surface area contributed by atoms with Gasteiger partial charge in [-0.05, 0) is 12.1 Å². The summed E-state index contributed by atoms with van der Waals surface area (Å²) in [7, 11) is 0. The third-order valence-electron chi connectivity index (χ3n) is 3.36. The molecule has 0 radical (unpaired) electrons. The van der Waals surface area contributed by atoms with Crippen LogP contribution in [0, 0.1) is 0 Å². The Morgan fingerprint density at radius 1 is 1.32 bits per heavy atom. The summed E-state index contributed by atoms with van der Waals surface area (Å²) in [5.41, 5.74) is 1.49. The Balaban J connectivity index is 1.72. The van der Waals surface area contributed by atoms with E-state index in [9.17, 15) is 15.0 Å². The largest absolute Gasteiger partial charge is 0.388 e. The second-order valence-electron chi connectivity index (χ2n) is 4.81. The maximum atomic E-state index is 12.0. The highest BCUT2D eigenvalue weighted by Gasteiger charge is 2.32. The highest BCUT2D eigenvalue weighted by atomic mass is 16.3. The fourth-order valence-electron chi connectivity index (χ4n) is 2.31. The molecule has 100 valence electrons. The summed E-state index contributed by atoms with van der Waals surface area (Å²) in [5, 5.41) is 18.9. The summed E-state index contributed by atoms with van der Waals surface area (Å²) in [6.07, 6.45) is 2.19. The molecule has 1 fully saturated rings. The molecular weight excluding hydrogens is 246 g/mol. The van der Waals surface area contributed by atoms with Crippen molar-refractivity contribution in [2.24, 2.45) is 0 Å². The molecule has 1 aliphatic rings. The number of pyridine rings is 1. The molecule has 2 unspecified atom stereocenters. The Kier molecular flexibility index (Phi) is 2.96. The van der Waals surface area contributed by atoms with Crippen LogP contribution in [0.5, 0.6) is 0 Å². The van der Waals surface area contributed by atoms with Gasteiger partial charge in [-0.15, -0.1) is 0 Å². The standard InChI is InChI=1S/C13H15N3O3/c17-10-7-16(8-11(10)18)13(19)5-9-6-15-4-2-1-3-12(15)14-9/h1-4,6,10-11,17-18H,5,7-8H2. The van der Waals surface area contributed by atoms with Gasteiger partial charge < -0.3 is 19.5 Å². The molecular formula is C13H15N3O3. The molecule has 6 heteroatoms. The fourth-order valence-corrected chi connectivity index (χ4v) is 2.31. The highest BCUT2D eigenvalue weighted by Crippen LogP contribution is 2.12. The Morgan fingerprint density at radius 2 is 2.05 bits per heavy atom. The van der Waals surface area contributed by atoms with Gasteiger partial charge in [-0.25, -0.2) is 4.98 Å². The number of aromatic nitrogens is 2. The van der Waals surface area contributed by atoms with Crippen LogP contribution in [0.1, 0.15) is 5.69 Å². The average molecular weight is 261 g/mol. The molecule has 19 heavy (non-hydrogen) atoms. The molecule has 2 N–H and O–H groups in total. The summed E-state index contributed by atoms with van der Waals surface area (Å²) in [5.74, 6) is -0.126. The molecule has 2 aromatic rings. The molecule has 0 spiro atoms. The maximum absolute atomic E-state index is 12.0. The van der Waals surface area contributed by atoms with E-state index in [1.54, 1.807) is 0 Å². The third-order valence-corrected chi connectivity index (χ3v) is 3.36. The Bertz CT molecular complexity index is 567. The van der Waals surface area contributed by atoms with E-state index in [4.69, 9.17) is 0 Å². The van der Waals surface area contributed by atoms with Gasteiger partial charge >= 0.3 is 0 Å². The molecule has 3 rings (SSSR count). The minimum absolute atomic E-state index is 0.126. The number of likely N-dealkylation sites (tertiary alicyclic amines) is 1. The van der Waals surface area contributed by atoms with E-state index < -0.39 is 12.2 Å². The summed E-state index contributed by atoms with van der Waals surface area (Å²) in [4.78, 5) is 17.9. The predicted octanol–water partition coefficient (Wildman–Crippen LogP) is -0.559. The van der Waals surface area contributed by atoms with Crippen LogP contribution in [-0.2, 0) is 11.2 Å². The van der Waals surface area contributed by atoms with E-state index in [1.165, 1.54) is 4.90 Å². The first-order valence-electron chi connectivity index (χ1n) is 6.20. The molecule has 3 heterocycles. The summed E-state index contributed by atoms with van der Waals surface area (Å²) in [6, 6.07) is 5.66. The normalized spacial score (nSPS) is 23.2. The van der Waals surface area contributed by atoms with Crippen LogP contribution < -0.4 is 0 Å². The lowest BCUT2D eigenvalue weighted by Gasteiger charge is -2.14. The van der Waals surface area contributed by atoms with Gasteiger partial charge in [-0.3, -0.25) is 4.79 Å². The van der Waals surface area contributed by atoms with Gasteiger partial charge in [0.15, 0.2) is 0 Å². The monoisotopic (exact) mass is 261 g/mol. The number of nitrogens with zero attached hydrogens (tertiary/aromatic N) is 3. The lowest BCUT2D eigenvalue weighted by atomic mass is 10.3. The van der Waals surface area contributed by atoms with Gasteiger partial charge in [-0.1, -0.05) is 6.07 Å². The maximum Gasteiger partial charge on any atom is 0.228 e. The molecule has 2 atom stereocenters. The molecule has 0 bridgehead atoms. The number of aliphatic hydroxyl groups excluding tert-OH is 2. The van der Waals surface area contributed by atoms with Crippen LogP contribution in [0.3, 0.4) is 0 Å². The smallest absolute Gasteiger partial charge is 0.228 e. The van der Waals surface area contributed by atoms with Gasteiger partial charge in [0, 0.05) is 25.5 Å². The van der Waals surface area contributed by atoms with Gasteiger partial charge in [0.05, 0.1) is 24.3 Å². The Labute approximate surface area is 109 Å². The number of β-amino-alcohol motifs (C(OH)–C–C–N with tert-alkyl or cyclic N) is 2. The zero-order valence-electron chi connectivity index (χ0n) is 10.3.